The molecule has 1 aromatic carbocycles. The number of carbonyl (C=O) groups is 1. The molecule has 1 atom stereocenters. The molecule has 0 aromatic heterocycles. The molecule has 100 valence electrons. The number of halogens is 1. The summed E-state index contributed by atoms with van der Waals surface area (Å²) in [7, 11) is 0. The highest BCUT2D eigenvalue weighted by Gasteiger charge is 2.17. The lowest BCUT2D eigenvalue weighted by Gasteiger charge is -2.22. The molecule has 1 saturated heterocycles. The van der Waals surface area contributed by atoms with E-state index in [1.165, 1.54) is 12.1 Å². The minimum atomic E-state index is -0.585. The van der Waals surface area contributed by atoms with Gasteiger partial charge in [-0.25, -0.2) is 4.39 Å². The third kappa shape index (κ3) is 3.94. The molecule has 2 N–H and O–H groups in total. The van der Waals surface area contributed by atoms with Crippen LogP contribution in [-0.2, 0) is 4.79 Å². The smallest absolute Gasteiger partial charge is 0.226 e. The summed E-state index contributed by atoms with van der Waals surface area (Å²) in [4.78, 5) is 11.8. The summed E-state index contributed by atoms with van der Waals surface area (Å²) < 4.78 is 13.6. The minimum absolute atomic E-state index is 0.118. The largest absolute Gasteiger partial charge is 0.324 e. The molecule has 1 fully saturated rings. The van der Waals surface area contributed by atoms with Crippen LogP contribution in [0.3, 0.4) is 0 Å². The average molecular weight is 279 g/mol. The number of benzene rings is 1. The molecule has 0 bridgehead atoms. The predicted octanol–water partition coefficient (Wildman–Crippen LogP) is 1.73. The van der Waals surface area contributed by atoms with Crippen LogP contribution in [-0.4, -0.2) is 30.0 Å². The number of amides is 1. The highest BCUT2D eigenvalue weighted by molar-refractivity contribution is 7.99. The maximum atomic E-state index is 13.6. The zero-order valence-electron chi connectivity index (χ0n) is 10.3. The summed E-state index contributed by atoms with van der Waals surface area (Å²) in [5.41, 5.74) is 0.355. The molecule has 4 nitrogen and oxygen atoms in total. The molecule has 19 heavy (non-hydrogen) atoms. The summed E-state index contributed by atoms with van der Waals surface area (Å²) >= 11 is 1.81. The molecule has 1 aliphatic rings. The number of anilines is 1. The first kappa shape index (κ1) is 13.8. The van der Waals surface area contributed by atoms with Gasteiger partial charge < -0.3 is 10.6 Å². The van der Waals surface area contributed by atoms with Gasteiger partial charge in [-0.15, -0.1) is 0 Å². The van der Waals surface area contributed by atoms with Gasteiger partial charge in [0.25, 0.3) is 0 Å². The van der Waals surface area contributed by atoms with E-state index in [2.05, 4.69) is 10.6 Å². The van der Waals surface area contributed by atoms with Gasteiger partial charge in [0.2, 0.25) is 5.91 Å². The maximum absolute atomic E-state index is 13.6. The molecule has 0 saturated carbocycles. The van der Waals surface area contributed by atoms with E-state index in [1.807, 2.05) is 6.07 Å². The average Bonchev–Trinajstić information content (AvgIpc) is 2.42. The Morgan fingerprint density at radius 2 is 2.47 bits per heavy atom. The van der Waals surface area contributed by atoms with Crippen LogP contribution in [0.1, 0.15) is 12.0 Å². The van der Waals surface area contributed by atoms with E-state index in [1.54, 1.807) is 11.8 Å². The van der Waals surface area contributed by atoms with Crippen molar-refractivity contribution in [1.82, 2.24) is 5.32 Å². The molecule has 0 spiro atoms. The highest BCUT2D eigenvalue weighted by atomic mass is 32.2. The monoisotopic (exact) mass is 279 g/mol. The first-order chi connectivity index (χ1) is 9.19. The number of hydrogen-bond donors (Lipinski definition) is 2. The van der Waals surface area contributed by atoms with E-state index >= 15 is 0 Å². The van der Waals surface area contributed by atoms with E-state index < -0.39 is 5.82 Å². The molecular weight excluding hydrogens is 265 g/mol. The lowest BCUT2D eigenvalue weighted by atomic mass is 10.2. The Kier molecular flexibility index (Phi) is 4.77. The number of hydrogen-bond acceptors (Lipinski definition) is 4. The van der Waals surface area contributed by atoms with Crippen LogP contribution in [0.4, 0.5) is 10.1 Å². The second-order valence-corrected chi connectivity index (χ2v) is 5.43. The Hall–Kier alpha value is -1.58. The number of rotatable bonds is 3. The SMILES string of the molecule is N#Cc1ccc(NC(=O)CC2CSCCN2)c(F)c1. The van der Waals surface area contributed by atoms with Crippen molar-refractivity contribution in [3.05, 3.63) is 29.6 Å². The van der Waals surface area contributed by atoms with Gasteiger partial charge in [0.15, 0.2) is 0 Å². The van der Waals surface area contributed by atoms with Crippen molar-refractivity contribution in [3.63, 3.8) is 0 Å². The van der Waals surface area contributed by atoms with Gasteiger partial charge in [0.05, 0.1) is 17.3 Å². The van der Waals surface area contributed by atoms with Gasteiger partial charge in [-0.05, 0) is 18.2 Å². The van der Waals surface area contributed by atoms with Crippen molar-refractivity contribution in [1.29, 1.82) is 5.26 Å². The minimum Gasteiger partial charge on any atom is -0.324 e. The van der Waals surface area contributed by atoms with Crippen molar-refractivity contribution < 1.29 is 9.18 Å². The molecular formula is C13H14FN3OS. The fraction of sp³-hybridized carbons (Fsp3) is 0.385. The van der Waals surface area contributed by atoms with Crippen LogP contribution in [0.2, 0.25) is 0 Å². The quantitative estimate of drug-likeness (QED) is 0.884. The van der Waals surface area contributed by atoms with Crippen molar-refractivity contribution in [3.8, 4) is 6.07 Å². The molecule has 1 aliphatic heterocycles. The number of nitriles is 1. The number of thioether (sulfide) groups is 1. The van der Waals surface area contributed by atoms with Gasteiger partial charge >= 0.3 is 0 Å². The zero-order chi connectivity index (χ0) is 13.7. The predicted molar refractivity (Wildman–Crippen MR) is 73.5 cm³/mol. The molecule has 1 unspecified atom stereocenters. The van der Waals surface area contributed by atoms with E-state index in [0.29, 0.717) is 6.42 Å². The lowest BCUT2D eigenvalue weighted by molar-refractivity contribution is -0.116. The van der Waals surface area contributed by atoms with Crippen LogP contribution >= 0.6 is 11.8 Å². The van der Waals surface area contributed by atoms with Crippen LogP contribution in [0.25, 0.3) is 0 Å². The Labute approximate surface area is 115 Å². The van der Waals surface area contributed by atoms with Gasteiger partial charge in [0.1, 0.15) is 5.82 Å². The molecule has 6 heteroatoms. The van der Waals surface area contributed by atoms with Crippen molar-refractivity contribution >= 4 is 23.4 Å². The van der Waals surface area contributed by atoms with Crippen molar-refractivity contribution in [2.24, 2.45) is 0 Å². The van der Waals surface area contributed by atoms with E-state index in [-0.39, 0.29) is 23.2 Å². The van der Waals surface area contributed by atoms with E-state index in [0.717, 1.165) is 24.1 Å². The molecule has 2 rings (SSSR count). The highest BCUT2D eigenvalue weighted by Crippen LogP contribution is 2.16. The first-order valence-electron chi connectivity index (χ1n) is 5.99. The van der Waals surface area contributed by atoms with Gasteiger partial charge in [0, 0.05) is 30.5 Å². The van der Waals surface area contributed by atoms with Gasteiger partial charge in [-0.2, -0.15) is 17.0 Å². The van der Waals surface area contributed by atoms with Crippen molar-refractivity contribution in [2.45, 2.75) is 12.5 Å². The summed E-state index contributed by atoms with van der Waals surface area (Å²) in [5.74, 6) is 1.15. The van der Waals surface area contributed by atoms with Gasteiger partial charge in [-0.1, -0.05) is 0 Å². The fourth-order valence-electron chi connectivity index (χ4n) is 1.86. The molecule has 0 aliphatic carbocycles. The normalized spacial score (nSPS) is 18.6. The van der Waals surface area contributed by atoms with Crippen LogP contribution in [0, 0.1) is 17.1 Å². The third-order valence-electron chi connectivity index (χ3n) is 2.80. The molecule has 0 radical (unpaired) electrons. The standard InChI is InChI=1S/C13H14FN3OS/c14-11-5-9(7-15)1-2-12(11)17-13(18)6-10-8-19-4-3-16-10/h1-2,5,10,16H,3-4,6,8H2,(H,17,18). The first-order valence-corrected chi connectivity index (χ1v) is 7.15. The maximum Gasteiger partial charge on any atom is 0.226 e. The summed E-state index contributed by atoms with van der Waals surface area (Å²) in [5, 5.41) is 14.4. The summed E-state index contributed by atoms with van der Waals surface area (Å²) in [6.45, 7) is 0.897. The Balaban J connectivity index is 1.93. The van der Waals surface area contributed by atoms with E-state index in [4.69, 9.17) is 5.26 Å². The van der Waals surface area contributed by atoms with Gasteiger partial charge in [-0.3, -0.25) is 4.79 Å². The second-order valence-electron chi connectivity index (χ2n) is 4.28. The van der Waals surface area contributed by atoms with E-state index in [9.17, 15) is 9.18 Å². The molecule has 1 aromatic rings. The Morgan fingerprint density at radius 3 is 3.11 bits per heavy atom. The van der Waals surface area contributed by atoms with Crippen LogP contribution < -0.4 is 10.6 Å². The fourth-order valence-corrected chi connectivity index (χ4v) is 2.81. The van der Waals surface area contributed by atoms with Crippen LogP contribution in [0.15, 0.2) is 18.2 Å². The number of nitrogens with zero attached hydrogens (tertiary/aromatic N) is 1. The Morgan fingerprint density at radius 1 is 1.63 bits per heavy atom. The zero-order valence-corrected chi connectivity index (χ0v) is 11.1. The summed E-state index contributed by atoms with van der Waals surface area (Å²) in [6.07, 6.45) is 0.326. The number of nitrogens with one attached hydrogen (secondary N) is 2. The second kappa shape index (κ2) is 6.55. The summed E-state index contributed by atoms with van der Waals surface area (Å²) in [6, 6.07) is 5.99. The van der Waals surface area contributed by atoms with Crippen LogP contribution in [0.5, 0.6) is 0 Å². The third-order valence-corrected chi connectivity index (χ3v) is 3.93. The van der Waals surface area contributed by atoms with Crippen molar-refractivity contribution in [2.75, 3.05) is 23.4 Å². The Bertz CT molecular complexity index is 509. The molecule has 1 amide bonds. The number of carbonyl (C=O) groups excluding carboxylic acids is 1. The lowest BCUT2D eigenvalue weighted by Crippen LogP contribution is -2.39. The molecule has 1 heterocycles. The topological polar surface area (TPSA) is 64.9 Å².